The molecule has 2 atom stereocenters. The standard InChI is InChI=1S/C23H28N2O4/c1-3-25-21(26)14-13-20(22(25)17-9-11-18(28-2)12-10-17)23(27)24-15-16-29-19-7-5-4-6-8-19/h4-12,20,22H,3,13-16H2,1-2H3,(H,24,27)/t20-,22+/m1/s1. The summed E-state index contributed by atoms with van der Waals surface area (Å²) in [5.74, 6) is 1.27. The number of likely N-dealkylation sites (tertiary alicyclic amines) is 1. The first-order valence-corrected chi connectivity index (χ1v) is 10.0. The number of amides is 2. The van der Waals surface area contributed by atoms with Gasteiger partial charge in [0.1, 0.15) is 18.1 Å². The summed E-state index contributed by atoms with van der Waals surface area (Å²) in [7, 11) is 1.62. The molecule has 154 valence electrons. The van der Waals surface area contributed by atoms with Gasteiger partial charge in [-0.25, -0.2) is 0 Å². The number of nitrogens with zero attached hydrogens (tertiary/aromatic N) is 1. The van der Waals surface area contributed by atoms with Gasteiger partial charge in [0, 0.05) is 13.0 Å². The fourth-order valence-corrected chi connectivity index (χ4v) is 3.80. The third-order valence-electron chi connectivity index (χ3n) is 5.25. The Morgan fingerprint density at radius 2 is 1.83 bits per heavy atom. The second-order valence-corrected chi connectivity index (χ2v) is 7.00. The Kier molecular flexibility index (Phi) is 7.11. The first-order valence-electron chi connectivity index (χ1n) is 10.0. The van der Waals surface area contributed by atoms with E-state index >= 15 is 0 Å². The lowest BCUT2D eigenvalue weighted by Crippen LogP contribution is -2.48. The highest BCUT2D eigenvalue weighted by Gasteiger charge is 2.39. The minimum absolute atomic E-state index is 0.0478. The molecule has 2 aromatic carbocycles. The molecule has 6 nitrogen and oxygen atoms in total. The van der Waals surface area contributed by atoms with Gasteiger partial charge in [0.25, 0.3) is 0 Å². The van der Waals surface area contributed by atoms with E-state index in [1.54, 1.807) is 12.0 Å². The van der Waals surface area contributed by atoms with Crippen molar-refractivity contribution in [1.29, 1.82) is 0 Å². The van der Waals surface area contributed by atoms with Crippen molar-refractivity contribution >= 4 is 11.8 Å². The van der Waals surface area contributed by atoms with Crippen LogP contribution in [0.25, 0.3) is 0 Å². The zero-order valence-corrected chi connectivity index (χ0v) is 17.0. The summed E-state index contributed by atoms with van der Waals surface area (Å²) < 4.78 is 10.9. The van der Waals surface area contributed by atoms with Gasteiger partial charge >= 0.3 is 0 Å². The highest BCUT2D eigenvalue weighted by molar-refractivity contribution is 5.85. The zero-order valence-electron chi connectivity index (χ0n) is 17.0. The fraction of sp³-hybridized carbons (Fsp3) is 0.391. The number of carbonyl (C=O) groups excluding carboxylic acids is 2. The van der Waals surface area contributed by atoms with Gasteiger partial charge in [-0.2, -0.15) is 0 Å². The second-order valence-electron chi connectivity index (χ2n) is 7.00. The third kappa shape index (κ3) is 5.08. The number of hydrogen-bond acceptors (Lipinski definition) is 4. The molecule has 29 heavy (non-hydrogen) atoms. The Balaban J connectivity index is 1.66. The summed E-state index contributed by atoms with van der Waals surface area (Å²) in [6, 6.07) is 16.8. The van der Waals surface area contributed by atoms with E-state index in [1.807, 2.05) is 61.5 Å². The number of hydrogen-bond donors (Lipinski definition) is 1. The Bertz CT molecular complexity index is 807. The van der Waals surface area contributed by atoms with Gasteiger partial charge < -0.3 is 19.7 Å². The topological polar surface area (TPSA) is 67.9 Å². The van der Waals surface area contributed by atoms with Crippen LogP contribution in [0, 0.1) is 5.92 Å². The van der Waals surface area contributed by atoms with Gasteiger partial charge in [-0.1, -0.05) is 30.3 Å². The van der Waals surface area contributed by atoms with Crippen LogP contribution in [0.4, 0.5) is 0 Å². The molecule has 0 saturated carbocycles. The molecule has 1 aliphatic rings. The van der Waals surface area contributed by atoms with Crippen LogP contribution >= 0.6 is 0 Å². The van der Waals surface area contributed by atoms with Crippen LogP contribution < -0.4 is 14.8 Å². The Hall–Kier alpha value is -3.02. The van der Waals surface area contributed by atoms with Gasteiger partial charge in [-0.15, -0.1) is 0 Å². The van der Waals surface area contributed by atoms with Crippen molar-refractivity contribution in [2.45, 2.75) is 25.8 Å². The first-order chi connectivity index (χ1) is 14.1. The number of carbonyl (C=O) groups is 2. The summed E-state index contributed by atoms with van der Waals surface area (Å²) in [5, 5.41) is 2.98. The number of ether oxygens (including phenoxy) is 2. The molecule has 1 N–H and O–H groups in total. The highest BCUT2D eigenvalue weighted by atomic mass is 16.5. The second kappa shape index (κ2) is 9.96. The minimum Gasteiger partial charge on any atom is -0.497 e. The van der Waals surface area contributed by atoms with Crippen LogP contribution in [0.5, 0.6) is 11.5 Å². The van der Waals surface area contributed by atoms with Gasteiger partial charge in [-0.3, -0.25) is 9.59 Å². The minimum atomic E-state index is -0.294. The van der Waals surface area contributed by atoms with E-state index in [9.17, 15) is 9.59 Å². The van der Waals surface area contributed by atoms with E-state index < -0.39 is 0 Å². The molecule has 1 heterocycles. The van der Waals surface area contributed by atoms with Crippen molar-refractivity contribution in [3.05, 3.63) is 60.2 Å². The molecule has 0 aliphatic carbocycles. The lowest BCUT2D eigenvalue weighted by molar-refractivity contribution is -0.143. The quantitative estimate of drug-likeness (QED) is 0.696. The van der Waals surface area contributed by atoms with Gasteiger partial charge in [0.05, 0.1) is 25.6 Å². The molecule has 0 spiro atoms. The van der Waals surface area contributed by atoms with Crippen LogP contribution in [0.1, 0.15) is 31.4 Å². The Labute approximate surface area is 171 Å². The SMILES string of the molecule is CCN1C(=O)CC[C@@H](C(=O)NCCOc2ccccc2)[C@@H]1c1ccc(OC)cc1. The zero-order chi connectivity index (χ0) is 20.6. The van der Waals surface area contributed by atoms with Gasteiger partial charge in [0.15, 0.2) is 0 Å². The number of methoxy groups -OCH3 is 1. The molecular formula is C23H28N2O4. The molecule has 2 aromatic rings. The molecule has 1 saturated heterocycles. The van der Waals surface area contributed by atoms with Crippen molar-refractivity contribution in [1.82, 2.24) is 10.2 Å². The van der Waals surface area contributed by atoms with Crippen molar-refractivity contribution in [2.24, 2.45) is 5.92 Å². The largest absolute Gasteiger partial charge is 0.497 e. The van der Waals surface area contributed by atoms with Crippen molar-refractivity contribution in [3.63, 3.8) is 0 Å². The average Bonchev–Trinajstić information content (AvgIpc) is 2.77. The van der Waals surface area contributed by atoms with E-state index in [1.165, 1.54) is 0 Å². The van der Waals surface area contributed by atoms with Crippen LogP contribution in [-0.4, -0.2) is 43.5 Å². The molecule has 1 aliphatic heterocycles. The monoisotopic (exact) mass is 396 g/mol. The molecule has 0 radical (unpaired) electrons. The van der Waals surface area contributed by atoms with E-state index in [4.69, 9.17) is 9.47 Å². The van der Waals surface area contributed by atoms with E-state index in [-0.39, 0.29) is 23.8 Å². The van der Waals surface area contributed by atoms with Crippen LogP contribution in [0.3, 0.4) is 0 Å². The van der Waals surface area contributed by atoms with E-state index in [0.29, 0.717) is 32.5 Å². The Morgan fingerprint density at radius 3 is 2.48 bits per heavy atom. The van der Waals surface area contributed by atoms with Crippen molar-refractivity contribution in [3.8, 4) is 11.5 Å². The molecule has 3 rings (SSSR count). The molecule has 2 amide bonds. The first kappa shape index (κ1) is 20.7. The number of rotatable bonds is 8. The third-order valence-corrected chi connectivity index (χ3v) is 5.25. The van der Waals surface area contributed by atoms with E-state index in [0.717, 1.165) is 17.1 Å². The molecule has 0 unspecified atom stereocenters. The number of nitrogens with one attached hydrogen (secondary N) is 1. The fourth-order valence-electron chi connectivity index (χ4n) is 3.80. The van der Waals surface area contributed by atoms with Gasteiger partial charge in [-0.05, 0) is 43.2 Å². The van der Waals surface area contributed by atoms with Crippen LogP contribution in [0.15, 0.2) is 54.6 Å². The molecule has 1 fully saturated rings. The molecular weight excluding hydrogens is 368 g/mol. The number of benzene rings is 2. The smallest absolute Gasteiger partial charge is 0.225 e. The maximum atomic E-state index is 13.0. The average molecular weight is 396 g/mol. The molecule has 0 aromatic heterocycles. The summed E-state index contributed by atoms with van der Waals surface area (Å²) in [5.41, 5.74) is 0.946. The number of para-hydroxylation sites is 1. The maximum Gasteiger partial charge on any atom is 0.225 e. The Morgan fingerprint density at radius 1 is 1.10 bits per heavy atom. The van der Waals surface area contributed by atoms with Crippen molar-refractivity contribution in [2.75, 3.05) is 26.8 Å². The summed E-state index contributed by atoms with van der Waals surface area (Å²) in [4.78, 5) is 27.2. The lowest BCUT2D eigenvalue weighted by Gasteiger charge is -2.40. The lowest BCUT2D eigenvalue weighted by atomic mass is 9.83. The van der Waals surface area contributed by atoms with E-state index in [2.05, 4.69) is 5.32 Å². The van der Waals surface area contributed by atoms with Crippen LogP contribution in [0.2, 0.25) is 0 Å². The summed E-state index contributed by atoms with van der Waals surface area (Å²) >= 11 is 0. The van der Waals surface area contributed by atoms with Crippen molar-refractivity contribution < 1.29 is 19.1 Å². The normalized spacial score (nSPS) is 19.0. The molecule has 6 heteroatoms. The predicted octanol–water partition coefficient (Wildman–Crippen LogP) is 3.19. The maximum absolute atomic E-state index is 13.0. The summed E-state index contributed by atoms with van der Waals surface area (Å²) in [6.07, 6.45) is 0.927. The highest BCUT2D eigenvalue weighted by Crippen LogP contribution is 2.37. The van der Waals surface area contributed by atoms with Gasteiger partial charge in [0.2, 0.25) is 11.8 Å². The predicted molar refractivity (Wildman–Crippen MR) is 111 cm³/mol. The summed E-state index contributed by atoms with van der Waals surface area (Å²) in [6.45, 7) is 3.32. The van der Waals surface area contributed by atoms with Crippen LogP contribution in [-0.2, 0) is 9.59 Å². The number of piperidine rings is 1. The molecule has 0 bridgehead atoms.